The highest BCUT2D eigenvalue weighted by Gasteiger charge is 2.28. The summed E-state index contributed by atoms with van der Waals surface area (Å²) in [6.07, 6.45) is 0.630. The molecule has 1 aromatic heterocycles. The number of hydrogen-bond donors (Lipinski definition) is 1. The van der Waals surface area contributed by atoms with Crippen molar-refractivity contribution in [3.63, 3.8) is 0 Å². The number of nitrogens with one attached hydrogen (secondary N) is 1. The highest BCUT2D eigenvalue weighted by Crippen LogP contribution is 2.22. The van der Waals surface area contributed by atoms with Crippen LogP contribution >= 0.6 is 0 Å². The predicted molar refractivity (Wildman–Crippen MR) is 99.1 cm³/mol. The zero-order valence-electron chi connectivity index (χ0n) is 14.9. The van der Waals surface area contributed by atoms with Crippen LogP contribution in [0.4, 0.5) is 0 Å². The van der Waals surface area contributed by atoms with Crippen molar-refractivity contribution in [1.82, 2.24) is 9.88 Å². The molecule has 1 saturated heterocycles. The van der Waals surface area contributed by atoms with Gasteiger partial charge in [-0.2, -0.15) is 0 Å². The molecule has 1 aliphatic heterocycles. The fourth-order valence-electron chi connectivity index (χ4n) is 3.52. The summed E-state index contributed by atoms with van der Waals surface area (Å²) in [5.41, 5.74) is 4.73. The highest BCUT2D eigenvalue weighted by atomic mass is 32.2. The molecule has 134 valence electrons. The second-order valence-electron chi connectivity index (χ2n) is 6.94. The maximum absolute atomic E-state index is 12.6. The van der Waals surface area contributed by atoms with E-state index in [1.54, 1.807) is 0 Å². The molecule has 1 amide bonds. The van der Waals surface area contributed by atoms with E-state index in [0.717, 1.165) is 17.1 Å². The van der Waals surface area contributed by atoms with E-state index in [1.807, 2.05) is 45.0 Å². The minimum atomic E-state index is -2.91. The first kappa shape index (κ1) is 17.7. The predicted octanol–water partition coefficient (Wildman–Crippen LogP) is 2.57. The summed E-state index contributed by atoms with van der Waals surface area (Å²) >= 11 is 0. The second kappa shape index (κ2) is 6.67. The third-order valence-corrected chi connectivity index (χ3v) is 6.65. The SMILES string of the molecule is Cc1cccc(-n2c(C)cc(C(=O)NCC3CCS(=O)(=O)C3)c2C)c1. The molecule has 0 spiro atoms. The molecule has 1 aromatic carbocycles. The minimum Gasteiger partial charge on any atom is -0.352 e. The molecule has 1 N–H and O–H groups in total. The second-order valence-corrected chi connectivity index (χ2v) is 9.17. The van der Waals surface area contributed by atoms with E-state index < -0.39 is 9.84 Å². The van der Waals surface area contributed by atoms with Gasteiger partial charge >= 0.3 is 0 Å². The Bertz CT molecular complexity index is 913. The summed E-state index contributed by atoms with van der Waals surface area (Å²) in [4.78, 5) is 12.6. The molecule has 0 bridgehead atoms. The normalized spacial score (nSPS) is 19.1. The van der Waals surface area contributed by atoms with Crippen molar-refractivity contribution >= 4 is 15.7 Å². The van der Waals surface area contributed by atoms with Gasteiger partial charge in [-0.25, -0.2) is 8.42 Å². The van der Waals surface area contributed by atoms with Gasteiger partial charge in [-0.1, -0.05) is 12.1 Å². The number of sulfone groups is 1. The van der Waals surface area contributed by atoms with E-state index in [-0.39, 0.29) is 23.3 Å². The number of aromatic nitrogens is 1. The molecule has 25 heavy (non-hydrogen) atoms. The zero-order chi connectivity index (χ0) is 18.2. The van der Waals surface area contributed by atoms with Crippen molar-refractivity contribution in [1.29, 1.82) is 0 Å². The molecule has 1 aliphatic rings. The maximum atomic E-state index is 12.6. The van der Waals surface area contributed by atoms with Gasteiger partial charge in [0.25, 0.3) is 5.91 Å². The van der Waals surface area contributed by atoms with Gasteiger partial charge in [-0.3, -0.25) is 4.79 Å². The summed E-state index contributed by atoms with van der Waals surface area (Å²) in [6, 6.07) is 10.0. The van der Waals surface area contributed by atoms with Crippen LogP contribution in [0.1, 0.15) is 33.7 Å². The number of carbonyl (C=O) groups is 1. The van der Waals surface area contributed by atoms with Gasteiger partial charge < -0.3 is 9.88 Å². The van der Waals surface area contributed by atoms with E-state index >= 15 is 0 Å². The van der Waals surface area contributed by atoms with Crippen LogP contribution in [0.3, 0.4) is 0 Å². The van der Waals surface area contributed by atoms with Crippen LogP contribution in [-0.4, -0.2) is 36.9 Å². The van der Waals surface area contributed by atoms with Crippen LogP contribution < -0.4 is 5.32 Å². The van der Waals surface area contributed by atoms with Crippen molar-refractivity contribution in [3.05, 3.63) is 52.8 Å². The molecule has 2 heterocycles. The number of rotatable bonds is 4. The van der Waals surface area contributed by atoms with Gasteiger partial charge in [-0.05, 0) is 56.9 Å². The van der Waals surface area contributed by atoms with Gasteiger partial charge in [0.1, 0.15) is 0 Å². The van der Waals surface area contributed by atoms with E-state index in [2.05, 4.69) is 16.0 Å². The largest absolute Gasteiger partial charge is 0.352 e. The molecule has 0 saturated carbocycles. The zero-order valence-corrected chi connectivity index (χ0v) is 15.7. The Labute approximate surface area is 149 Å². The van der Waals surface area contributed by atoms with Crippen molar-refractivity contribution in [3.8, 4) is 5.69 Å². The van der Waals surface area contributed by atoms with Gasteiger partial charge in [-0.15, -0.1) is 0 Å². The Morgan fingerprint density at radius 2 is 2.00 bits per heavy atom. The van der Waals surface area contributed by atoms with Crippen LogP contribution in [0.5, 0.6) is 0 Å². The summed E-state index contributed by atoms with van der Waals surface area (Å²) in [7, 11) is -2.91. The summed E-state index contributed by atoms with van der Waals surface area (Å²) < 4.78 is 25.1. The standard InChI is InChI=1S/C19H24N2O3S/c1-13-5-4-6-17(9-13)21-14(2)10-18(15(21)3)19(22)20-11-16-7-8-25(23,24)12-16/h4-6,9-10,16H,7-8,11-12H2,1-3H3,(H,20,22). The lowest BCUT2D eigenvalue weighted by atomic mass is 10.1. The third-order valence-electron chi connectivity index (χ3n) is 4.81. The van der Waals surface area contributed by atoms with E-state index in [0.29, 0.717) is 18.5 Å². The lowest BCUT2D eigenvalue weighted by Crippen LogP contribution is -2.30. The van der Waals surface area contributed by atoms with Crippen LogP contribution in [-0.2, 0) is 9.84 Å². The Morgan fingerprint density at radius 1 is 1.24 bits per heavy atom. The van der Waals surface area contributed by atoms with Crippen molar-refractivity contribution in [2.24, 2.45) is 5.92 Å². The average Bonchev–Trinajstić information content (AvgIpc) is 3.04. The Kier molecular flexibility index (Phi) is 4.73. The minimum absolute atomic E-state index is 0.0224. The summed E-state index contributed by atoms with van der Waals surface area (Å²) in [5, 5.41) is 2.91. The van der Waals surface area contributed by atoms with Gasteiger partial charge in [0.2, 0.25) is 0 Å². The van der Waals surface area contributed by atoms with Crippen molar-refractivity contribution in [2.45, 2.75) is 27.2 Å². The number of amides is 1. The first-order valence-corrected chi connectivity index (χ1v) is 10.3. The highest BCUT2D eigenvalue weighted by molar-refractivity contribution is 7.91. The molecule has 3 rings (SSSR count). The van der Waals surface area contributed by atoms with E-state index in [1.165, 1.54) is 5.56 Å². The van der Waals surface area contributed by atoms with Crippen LogP contribution in [0.25, 0.3) is 5.69 Å². The molecule has 6 heteroatoms. The van der Waals surface area contributed by atoms with Gasteiger partial charge in [0, 0.05) is 23.6 Å². The number of aryl methyl sites for hydroxylation is 2. The molecule has 5 nitrogen and oxygen atoms in total. The molecule has 0 radical (unpaired) electrons. The Hall–Kier alpha value is -2.08. The maximum Gasteiger partial charge on any atom is 0.253 e. The quantitative estimate of drug-likeness (QED) is 0.911. The topological polar surface area (TPSA) is 68.2 Å². The Balaban J connectivity index is 1.77. The van der Waals surface area contributed by atoms with Gasteiger partial charge in [0.15, 0.2) is 9.84 Å². The average molecular weight is 360 g/mol. The third kappa shape index (κ3) is 3.79. The molecule has 2 aromatic rings. The molecule has 1 atom stereocenters. The Morgan fingerprint density at radius 3 is 2.64 bits per heavy atom. The fourth-order valence-corrected chi connectivity index (χ4v) is 5.38. The molecular weight excluding hydrogens is 336 g/mol. The number of nitrogens with zero attached hydrogens (tertiary/aromatic N) is 1. The lowest BCUT2D eigenvalue weighted by molar-refractivity contribution is 0.0948. The lowest BCUT2D eigenvalue weighted by Gasteiger charge is -2.12. The number of benzene rings is 1. The van der Waals surface area contributed by atoms with Crippen LogP contribution in [0, 0.1) is 26.7 Å². The van der Waals surface area contributed by atoms with Crippen LogP contribution in [0.15, 0.2) is 30.3 Å². The summed E-state index contributed by atoms with van der Waals surface area (Å²) in [6.45, 7) is 6.37. The van der Waals surface area contributed by atoms with Crippen molar-refractivity contribution in [2.75, 3.05) is 18.1 Å². The van der Waals surface area contributed by atoms with E-state index in [9.17, 15) is 13.2 Å². The molecular formula is C19H24N2O3S. The number of carbonyl (C=O) groups excluding carboxylic acids is 1. The van der Waals surface area contributed by atoms with E-state index in [4.69, 9.17) is 0 Å². The number of hydrogen-bond acceptors (Lipinski definition) is 3. The van der Waals surface area contributed by atoms with Crippen molar-refractivity contribution < 1.29 is 13.2 Å². The molecule has 0 aliphatic carbocycles. The van der Waals surface area contributed by atoms with Crippen LogP contribution in [0.2, 0.25) is 0 Å². The summed E-state index contributed by atoms with van der Waals surface area (Å²) in [5.74, 6) is 0.288. The monoisotopic (exact) mass is 360 g/mol. The smallest absolute Gasteiger partial charge is 0.253 e. The van der Waals surface area contributed by atoms with Gasteiger partial charge in [0.05, 0.1) is 17.1 Å². The first-order valence-electron chi connectivity index (χ1n) is 8.51. The molecule has 1 unspecified atom stereocenters. The molecule has 1 fully saturated rings. The first-order chi connectivity index (χ1) is 11.8. The fraction of sp³-hybridized carbons (Fsp3) is 0.421.